The summed E-state index contributed by atoms with van der Waals surface area (Å²) in [5.41, 5.74) is 1.46. The van der Waals surface area contributed by atoms with E-state index in [4.69, 9.17) is 9.40 Å². The molecule has 0 aliphatic carbocycles. The minimum atomic E-state index is -0.194. The summed E-state index contributed by atoms with van der Waals surface area (Å²) in [6.07, 6.45) is 2.18. The maximum Gasteiger partial charge on any atom is 0.294 e. The number of piperidine rings is 1. The molecule has 3 heterocycles. The molecule has 1 aliphatic heterocycles. The third-order valence-electron chi connectivity index (χ3n) is 4.32. The summed E-state index contributed by atoms with van der Waals surface area (Å²) in [5.74, 6) is 1.04. The van der Waals surface area contributed by atoms with E-state index in [-0.39, 0.29) is 11.5 Å². The van der Waals surface area contributed by atoms with Crippen LogP contribution in [0.1, 0.15) is 24.6 Å². The molecule has 1 aromatic carbocycles. The maximum absolute atomic E-state index is 12.4. The second-order valence-electron chi connectivity index (χ2n) is 5.97. The van der Waals surface area contributed by atoms with Crippen molar-refractivity contribution >= 4 is 38.0 Å². The molecule has 6 heteroatoms. The van der Waals surface area contributed by atoms with Crippen molar-refractivity contribution in [2.45, 2.75) is 18.8 Å². The normalized spacial score (nSPS) is 20.0. The maximum atomic E-state index is 12.4. The number of fused-ring (bicyclic) bond motifs is 3. The predicted molar refractivity (Wildman–Crippen MR) is 89.3 cm³/mol. The Morgan fingerprint density at radius 3 is 3.14 bits per heavy atom. The summed E-state index contributed by atoms with van der Waals surface area (Å²) in [4.78, 5) is 22.3. The number of hydrogen-bond donors (Lipinski definition) is 1. The van der Waals surface area contributed by atoms with Gasteiger partial charge in [-0.15, -0.1) is 0 Å². The number of nitrogens with zero attached hydrogens (tertiary/aromatic N) is 2. The summed E-state index contributed by atoms with van der Waals surface area (Å²) in [6.45, 7) is 2.03. The number of aromatic amines is 1. The molecule has 0 saturated carbocycles. The molecule has 0 spiro atoms. The summed E-state index contributed by atoms with van der Waals surface area (Å²) in [6, 6.07) is 5.70. The lowest BCUT2D eigenvalue weighted by Gasteiger charge is -2.28. The molecular weight excluding hydrogens is 346 g/mol. The van der Waals surface area contributed by atoms with Crippen molar-refractivity contribution in [2.24, 2.45) is 0 Å². The molecule has 1 aliphatic rings. The molecular formula is C16H16BrN3O2. The van der Waals surface area contributed by atoms with Gasteiger partial charge in [0.05, 0.1) is 0 Å². The molecule has 1 N–H and O–H groups in total. The van der Waals surface area contributed by atoms with Crippen molar-refractivity contribution in [3.05, 3.63) is 38.9 Å². The van der Waals surface area contributed by atoms with Crippen molar-refractivity contribution in [3.8, 4) is 0 Å². The molecule has 4 rings (SSSR count). The zero-order valence-electron chi connectivity index (χ0n) is 12.2. The zero-order valence-corrected chi connectivity index (χ0v) is 13.8. The van der Waals surface area contributed by atoms with Gasteiger partial charge in [-0.3, -0.25) is 4.79 Å². The third kappa shape index (κ3) is 2.27. The Balaban J connectivity index is 1.92. The fourth-order valence-electron chi connectivity index (χ4n) is 3.23. The van der Waals surface area contributed by atoms with Crippen LogP contribution in [0.3, 0.4) is 0 Å². The SMILES string of the molecule is CN1CCCC(c2nc3c(oc4ccc(Br)cc43)c(=O)[nH]2)C1. The lowest BCUT2D eigenvalue weighted by molar-refractivity contribution is 0.246. The van der Waals surface area contributed by atoms with Gasteiger partial charge < -0.3 is 14.3 Å². The highest BCUT2D eigenvalue weighted by atomic mass is 79.9. The van der Waals surface area contributed by atoms with E-state index in [1.165, 1.54) is 0 Å². The summed E-state index contributed by atoms with van der Waals surface area (Å²) >= 11 is 3.46. The van der Waals surface area contributed by atoms with Gasteiger partial charge in [-0.05, 0) is 44.6 Å². The van der Waals surface area contributed by atoms with Gasteiger partial charge in [0.1, 0.15) is 16.9 Å². The van der Waals surface area contributed by atoms with E-state index in [2.05, 4.69) is 32.9 Å². The molecule has 2 aromatic heterocycles. The quantitative estimate of drug-likeness (QED) is 0.722. The first kappa shape index (κ1) is 14.0. The van der Waals surface area contributed by atoms with Crippen LogP contribution in [0, 0.1) is 0 Å². The van der Waals surface area contributed by atoms with Gasteiger partial charge in [-0.25, -0.2) is 4.98 Å². The molecule has 0 amide bonds. The minimum Gasteiger partial charge on any atom is -0.449 e. The zero-order chi connectivity index (χ0) is 15.3. The van der Waals surface area contributed by atoms with Crippen molar-refractivity contribution in [1.29, 1.82) is 0 Å². The fourth-order valence-corrected chi connectivity index (χ4v) is 3.59. The minimum absolute atomic E-state index is 0.194. The molecule has 22 heavy (non-hydrogen) atoms. The van der Waals surface area contributed by atoms with Crippen LogP contribution in [-0.4, -0.2) is 35.0 Å². The molecule has 1 saturated heterocycles. The summed E-state index contributed by atoms with van der Waals surface area (Å²) in [5, 5.41) is 0.876. The van der Waals surface area contributed by atoms with E-state index in [0.29, 0.717) is 16.7 Å². The van der Waals surface area contributed by atoms with Crippen molar-refractivity contribution < 1.29 is 4.42 Å². The molecule has 114 valence electrons. The van der Waals surface area contributed by atoms with Crippen LogP contribution in [0.5, 0.6) is 0 Å². The Hall–Kier alpha value is -1.66. The highest BCUT2D eigenvalue weighted by Gasteiger charge is 2.23. The lowest BCUT2D eigenvalue weighted by atomic mass is 9.97. The standard InChI is InChI=1S/C16H16BrN3O2/c1-20-6-2-3-9(8-20)15-18-13-11-7-10(17)4-5-12(11)22-14(13)16(21)19-15/h4-5,7,9H,2-3,6,8H2,1H3,(H,18,19,21). The van der Waals surface area contributed by atoms with Crippen LogP contribution in [0.25, 0.3) is 22.1 Å². The van der Waals surface area contributed by atoms with E-state index in [0.717, 1.165) is 41.6 Å². The predicted octanol–water partition coefficient (Wildman–Crippen LogP) is 3.24. The van der Waals surface area contributed by atoms with Crippen LogP contribution in [0.2, 0.25) is 0 Å². The van der Waals surface area contributed by atoms with E-state index >= 15 is 0 Å². The van der Waals surface area contributed by atoms with Gasteiger partial charge >= 0.3 is 0 Å². The van der Waals surface area contributed by atoms with Gasteiger partial charge in [0.25, 0.3) is 5.56 Å². The largest absolute Gasteiger partial charge is 0.449 e. The van der Waals surface area contributed by atoms with Crippen LogP contribution in [0.15, 0.2) is 31.9 Å². The first-order valence-electron chi connectivity index (χ1n) is 7.42. The first-order chi connectivity index (χ1) is 10.6. The monoisotopic (exact) mass is 361 g/mol. The molecule has 1 atom stereocenters. The Morgan fingerprint density at radius 1 is 1.45 bits per heavy atom. The van der Waals surface area contributed by atoms with Gasteiger partial charge in [0, 0.05) is 22.3 Å². The van der Waals surface area contributed by atoms with E-state index < -0.39 is 0 Å². The Kier molecular flexibility index (Phi) is 3.31. The molecule has 0 radical (unpaired) electrons. The van der Waals surface area contributed by atoms with Crippen molar-refractivity contribution in [3.63, 3.8) is 0 Å². The van der Waals surface area contributed by atoms with Crippen molar-refractivity contribution in [2.75, 3.05) is 20.1 Å². The number of rotatable bonds is 1. The molecule has 1 unspecified atom stereocenters. The number of likely N-dealkylation sites (N-methyl/N-ethyl adjacent to an activating group) is 1. The molecule has 3 aromatic rings. The van der Waals surface area contributed by atoms with Gasteiger partial charge in [0.15, 0.2) is 0 Å². The average molecular weight is 362 g/mol. The van der Waals surface area contributed by atoms with Gasteiger partial charge in [-0.1, -0.05) is 15.9 Å². The van der Waals surface area contributed by atoms with Gasteiger partial charge in [-0.2, -0.15) is 0 Å². The second-order valence-corrected chi connectivity index (χ2v) is 6.89. The number of halogens is 1. The summed E-state index contributed by atoms with van der Waals surface area (Å²) < 4.78 is 6.61. The highest BCUT2D eigenvalue weighted by Crippen LogP contribution is 2.30. The van der Waals surface area contributed by atoms with Crippen LogP contribution in [0.4, 0.5) is 0 Å². The van der Waals surface area contributed by atoms with E-state index in [1.807, 2.05) is 18.2 Å². The summed E-state index contributed by atoms with van der Waals surface area (Å²) in [7, 11) is 2.10. The number of hydrogen-bond acceptors (Lipinski definition) is 4. The Labute approximate surface area is 135 Å². The number of H-pyrrole nitrogens is 1. The number of aromatic nitrogens is 2. The smallest absolute Gasteiger partial charge is 0.294 e. The van der Waals surface area contributed by atoms with Crippen molar-refractivity contribution in [1.82, 2.24) is 14.9 Å². The number of likely N-dealkylation sites (tertiary alicyclic amines) is 1. The number of nitrogens with one attached hydrogen (secondary N) is 1. The lowest BCUT2D eigenvalue weighted by Crippen LogP contribution is -2.32. The average Bonchev–Trinajstić information content (AvgIpc) is 2.86. The molecule has 1 fully saturated rings. The Morgan fingerprint density at radius 2 is 2.32 bits per heavy atom. The van der Waals surface area contributed by atoms with Crippen LogP contribution >= 0.6 is 15.9 Å². The molecule has 5 nitrogen and oxygen atoms in total. The van der Waals surface area contributed by atoms with Crippen LogP contribution < -0.4 is 5.56 Å². The number of benzene rings is 1. The second kappa shape index (κ2) is 5.21. The van der Waals surface area contributed by atoms with Crippen LogP contribution in [-0.2, 0) is 0 Å². The topological polar surface area (TPSA) is 62.1 Å². The third-order valence-corrected chi connectivity index (χ3v) is 4.81. The molecule has 0 bridgehead atoms. The fraction of sp³-hybridized carbons (Fsp3) is 0.375. The highest BCUT2D eigenvalue weighted by molar-refractivity contribution is 9.10. The first-order valence-corrected chi connectivity index (χ1v) is 8.21. The van der Waals surface area contributed by atoms with Gasteiger partial charge in [0.2, 0.25) is 5.58 Å². The van der Waals surface area contributed by atoms with E-state index in [9.17, 15) is 4.79 Å². The number of furan rings is 1. The van der Waals surface area contributed by atoms with E-state index in [1.54, 1.807) is 0 Å². The Bertz CT molecular complexity index is 915.